The van der Waals surface area contributed by atoms with E-state index in [-0.39, 0.29) is 0 Å². The van der Waals surface area contributed by atoms with Gasteiger partial charge in [0.2, 0.25) is 0 Å². The second kappa shape index (κ2) is 6.72. The zero-order valence-electron chi connectivity index (χ0n) is 11.5. The van der Waals surface area contributed by atoms with E-state index in [0.717, 1.165) is 25.0 Å². The van der Waals surface area contributed by atoms with Crippen LogP contribution in [0, 0.1) is 11.8 Å². The first-order valence-electron chi connectivity index (χ1n) is 7.37. The van der Waals surface area contributed by atoms with E-state index < -0.39 is 0 Å². The monoisotopic (exact) mass is 240 g/mol. The molecule has 2 rings (SSSR count). The lowest BCUT2D eigenvalue weighted by Gasteiger charge is -2.24. The molecular weight excluding hydrogens is 212 g/mol. The molecule has 2 saturated heterocycles. The number of ether oxygens (including phenoxy) is 1. The molecule has 100 valence electrons. The van der Waals surface area contributed by atoms with Crippen LogP contribution in [0.4, 0.5) is 0 Å². The molecule has 0 aromatic heterocycles. The minimum absolute atomic E-state index is 0.674. The van der Waals surface area contributed by atoms with Gasteiger partial charge in [-0.2, -0.15) is 0 Å². The van der Waals surface area contributed by atoms with Gasteiger partial charge in [-0.3, -0.25) is 0 Å². The summed E-state index contributed by atoms with van der Waals surface area (Å²) in [4.78, 5) is 2.56. The Kier molecular flexibility index (Phi) is 5.26. The van der Waals surface area contributed by atoms with Gasteiger partial charge in [-0.1, -0.05) is 13.8 Å². The molecule has 2 heterocycles. The highest BCUT2D eigenvalue weighted by Crippen LogP contribution is 2.20. The van der Waals surface area contributed by atoms with Crippen LogP contribution >= 0.6 is 0 Å². The number of nitrogens with one attached hydrogen (secondary N) is 1. The quantitative estimate of drug-likeness (QED) is 0.765. The number of hydrogen-bond acceptors (Lipinski definition) is 3. The molecule has 0 spiro atoms. The Hall–Kier alpha value is -0.120. The number of likely N-dealkylation sites (tertiary alicyclic amines) is 1. The molecule has 2 fully saturated rings. The van der Waals surface area contributed by atoms with Crippen LogP contribution in [0.1, 0.15) is 33.1 Å². The fourth-order valence-electron chi connectivity index (χ4n) is 3.20. The first kappa shape index (κ1) is 13.3. The summed E-state index contributed by atoms with van der Waals surface area (Å²) in [6.07, 6.45) is 3.86. The highest BCUT2D eigenvalue weighted by molar-refractivity contribution is 4.82. The van der Waals surface area contributed by atoms with Crippen molar-refractivity contribution >= 4 is 0 Å². The van der Waals surface area contributed by atoms with E-state index in [0.29, 0.717) is 6.04 Å². The highest BCUT2D eigenvalue weighted by atomic mass is 16.5. The van der Waals surface area contributed by atoms with Crippen LogP contribution in [0.25, 0.3) is 0 Å². The molecule has 3 atom stereocenters. The minimum atomic E-state index is 0.674. The number of hydrogen-bond donors (Lipinski definition) is 1. The fraction of sp³-hybridized carbons (Fsp3) is 1.00. The molecule has 3 unspecified atom stereocenters. The van der Waals surface area contributed by atoms with Crippen LogP contribution in [0.5, 0.6) is 0 Å². The maximum atomic E-state index is 5.50. The van der Waals surface area contributed by atoms with Gasteiger partial charge in [0.25, 0.3) is 0 Å². The number of nitrogens with zero attached hydrogens (tertiary/aromatic N) is 1. The molecule has 0 aromatic carbocycles. The molecule has 0 aromatic rings. The van der Waals surface area contributed by atoms with Crippen LogP contribution in [0.3, 0.4) is 0 Å². The summed E-state index contributed by atoms with van der Waals surface area (Å²) in [7, 11) is 0. The molecule has 3 nitrogen and oxygen atoms in total. The molecule has 17 heavy (non-hydrogen) atoms. The van der Waals surface area contributed by atoms with Gasteiger partial charge in [-0.15, -0.1) is 0 Å². The van der Waals surface area contributed by atoms with E-state index in [1.807, 2.05) is 0 Å². The van der Waals surface area contributed by atoms with E-state index in [1.54, 1.807) is 0 Å². The van der Waals surface area contributed by atoms with E-state index in [4.69, 9.17) is 4.74 Å². The van der Waals surface area contributed by atoms with Crippen molar-refractivity contribution in [3.8, 4) is 0 Å². The lowest BCUT2D eigenvalue weighted by molar-refractivity contribution is 0.175. The van der Waals surface area contributed by atoms with Crippen molar-refractivity contribution in [3.05, 3.63) is 0 Å². The van der Waals surface area contributed by atoms with Gasteiger partial charge < -0.3 is 15.0 Å². The second-order valence-corrected chi connectivity index (χ2v) is 5.59. The minimum Gasteiger partial charge on any atom is -0.381 e. The van der Waals surface area contributed by atoms with E-state index >= 15 is 0 Å². The summed E-state index contributed by atoms with van der Waals surface area (Å²) in [6.45, 7) is 11.5. The van der Waals surface area contributed by atoms with Gasteiger partial charge in [-0.25, -0.2) is 0 Å². The van der Waals surface area contributed by atoms with Gasteiger partial charge in [0.1, 0.15) is 0 Å². The third-order valence-electron chi connectivity index (χ3n) is 4.46. The van der Waals surface area contributed by atoms with Crippen molar-refractivity contribution < 1.29 is 4.74 Å². The Labute approximate surface area is 106 Å². The zero-order valence-corrected chi connectivity index (χ0v) is 11.5. The smallest absolute Gasteiger partial charge is 0.0509 e. The Balaban J connectivity index is 1.69. The Morgan fingerprint density at radius 1 is 1.35 bits per heavy atom. The Morgan fingerprint density at radius 2 is 2.24 bits per heavy atom. The molecule has 0 bridgehead atoms. The van der Waals surface area contributed by atoms with Gasteiger partial charge >= 0.3 is 0 Å². The Morgan fingerprint density at radius 3 is 2.82 bits per heavy atom. The summed E-state index contributed by atoms with van der Waals surface area (Å²) in [5.41, 5.74) is 0. The number of rotatable bonds is 6. The van der Waals surface area contributed by atoms with Crippen molar-refractivity contribution in [1.82, 2.24) is 10.2 Å². The molecule has 2 aliphatic heterocycles. The van der Waals surface area contributed by atoms with Gasteiger partial charge in [0.05, 0.1) is 6.61 Å². The maximum absolute atomic E-state index is 5.50. The predicted octanol–water partition coefficient (Wildman–Crippen LogP) is 1.73. The normalized spacial score (nSPS) is 32.1. The SMILES string of the molecule is CCC(NCC1CCN(CC)C1)C1CCOC1. The van der Waals surface area contributed by atoms with Crippen LogP contribution in [0.2, 0.25) is 0 Å². The van der Waals surface area contributed by atoms with Gasteiger partial charge in [0, 0.05) is 19.2 Å². The average molecular weight is 240 g/mol. The van der Waals surface area contributed by atoms with Crippen molar-refractivity contribution in [2.75, 3.05) is 39.4 Å². The summed E-state index contributed by atoms with van der Waals surface area (Å²) in [6, 6.07) is 0.674. The predicted molar refractivity (Wildman–Crippen MR) is 71.2 cm³/mol. The van der Waals surface area contributed by atoms with Crippen molar-refractivity contribution in [1.29, 1.82) is 0 Å². The fourth-order valence-corrected chi connectivity index (χ4v) is 3.20. The van der Waals surface area contributed by atoms with E-state index in [9.17, 15) is 0 Å². The van der Waals surface area contributed by atoms with Crippen LogP contribution in [-0.2, 0) is 4.74 Å². The molecule has 2 aliphatic rings. The highest BCUT2D eigenvalue weighted by Gasteiger charge is 2.26. The average Bonchev–Trinajstić information content (AvgIpc) is 3.00. The molecule has 0 aliphatic carbocycles. The van der Waals surface area contributed by atoms with Crippen molar-refractivity contribution in [2.45, 2.75) is 39.2 Å². The Bertz CT molecular complexity index is 216. The van der Waals surface area contributed by atoms with Crippen molar-refractivity contribution in [2.24, 2.45) is 11.8 Å². The summed E-state index contributed by atoms with van der Waals surface area (Å²) in [5.74, 6) is 1.62. The standard InChI is InChI=1S/C14H28N2O/c1-3-14(13-6-8-17-11-13)15-9-12-5-7-16(4-2)10-12/h12-15H,3-11H2,1-2H3. The topological polar surface area (TPSA) is 24.5 Å². The van der Waals surface area contributed by atoms with Crippen LogP contribution in [0.15, 0.2) is 0 Å². The van der Waals surface area contributed by atoms with Gasteiger partial charge in [-0.05, 0) is 50.7 Å². The first-order chi connectivity index (χ1) is 8.33. The lowest BCUT2D eigenvalue weighted by Crippen LogP contribution is -2.39. The maximum Gasteiger partial charge on any atom is 0.0509 e. The summed E-state index contributed by atoms with van der Waals surface area (Å²) >= 11 is 0. The molecule has 0 amide bonds. The molecule has 1 N–H and O–H groups in total. The first-order valence-corrected chi connectivity index (χ1v) is 7.37. The van der Waals surface area contributed by atoms with Crippen LogP contribution in [-0.4, -0.2) is 50.3 Å². The largest absolute Gasteiger partial charge is 0.381 e. The molecule has 3 heteroatoms. The lowest BCUT2D eigenvalue weighted by atomic mass is 9.96. The van der Waals surface area contributed by atoms with Crippen molar-refractivity contribution in [3.63, 3.8) is 0 Å². The summed E-state index contributed by atoms with van der Waals surface area (Å²) < 4.78 is 5.50. The third-order valence-corrected chi connectivity index (χ3v) is 4.46. The third kappa shape index (κ3) is 3.67. The zero-order chi connectivity index (χ0) is 12.1. The second-order valence-electron chi connectivity index (χ2n) is 5.59. The summed E-state index contributed by atoms with van der Waals surface area (Å²) in [5, 5.41) is 3.79. The van der Waals surface area contributed by atoms with Gasteiger partial charge in [0.15, 0.2) is 0 Å². The van der Waals surface area contributed by atoms with E-state index in [1.165, 1.54) is 45.4 Å². The molecule has 0 radical (unpaired) electrons. The van der Waals surface area contributed by atoms with E-state index in [2.05, 4.69) is 24.1 Å². The molecule has 0 saturated carbocycles. The molecular formula is C14H28N2O. The van der Waals surface area contributed by atoms with Crippen LogP contribution < -0.4 is 5.32 Å².